The lowest BCUT2D eigenvalue weighted by molar-refractivity contribution is 0.0491. The monoisotopic (exact) mass is 506 g/mol. The summed E-state index contributed by atoms with van der Waals surface area (Å²) in [6, 6.07) is 7.24. The van der Waals surface area contributed by atoms with Crippen molar-refractivity contribution in [1.29, 1.82) is 0 Å². The first-order valence-electron chi connectivity index (χ1n) is 12.8. The molecular formula is C27H34N6O4. The van der Waals surface area contributed by atoms with Gasteiger partial charge in [0.2, 0.25) is 5.95 Å². The van der Waals surface area contributed by atoms with Gasteiger partial charge < -0.3 is 25.7 Å². The van der Waals surface area contributed by atoms with Crippen LogP contribution in [0.15, 0.2) is 29.1 Å². The first kappa shape index (κ1) is 24.9. The number of aromatic nitrogens is 3. The van der Waals surface area contributed by atoms with Crippen LogP contribution in [0.4, 0.5) is 10.7 Å². The zero-order valence-electron chi connectivity index (χ0n) is 21.9. The number of rotatable bonds is 4. The van der Waals surface area contributed by atoms with Crippen LogP contribution >= 0.6 is 0 Å². The number of hydrogen-bond donors (Lipinski definition) is 4. The third-order valence-electron chi connectivity index (χ3n) is 7.00. The quantitative estimate of drug-likeness (QED) is 0.424. The van der Waals surface area contributed by atoms with Crippen molar-refractivity contribution in [3.05, 3.63) is 45.9 Å². The van der Waals surface area contributed by atoms with E-state index in [1.54, 1.807) is 13.1 Å². The van der Waals surface area contributed by atoms with Crippen molar-refractivity contribution < 1.29 is 14.3 Å². The fraction of sp³-hybridized carbons (Fsp3) is 0.481. The molecule has 3 heterocycles. The van der Waals surface area contributed by atoms with E-state index >= 15 is 0 Å². The fourth-order valence-corrected chi connectivity index (χ4v) is 5.24. The van der Waals surface area contributed by atoms with Crippen molar-refractivity contribution in [2.24, 2.45) is 7.05 Å². The number of H-pyrrole nitrogens is 1. The normalized spacial score (nSPS) is 21.4. The number of nitrogens with zero attached hydrogens (tertiary/aromatic N) is 2. The molecule has 0 spiro atoms. The van der Waals surface area contributed by atoms with E-state index in [-0.39, 0.29) is 29.6 Å². The number of fused-ring (bicyclic) bond motifs is 2. The van der Waals surface area contributed by atoms with E-state index in [1.165, 1.54) is 4.57 Å². The Balaban J connectivity index is 1.42. The molecule has 1 aliphatic heterocycles. The van der Waals surface area contributed by atoms with E-state index in [1.807, 2.05) is 45.9 Å². The number of aromatic amines is 1. The average molecular weight is 507 g/mol. The molecule has 5 rings (SSSR count). The Kier molecular flexibility index (Phi) is 6.21. The Morgan fingerprint density at radius 1 is 1.16 bits per heavy atom. The maximum Gasteiger partial charge on any atom is 0.407 e. The van der Waals surface area contributed by atoms with Crippen LogP contribution in [0.5, 0.6) is 0 Å². The van der Waals surface area contributed by atoms with Crippen LogP contribution in [0.2, 0.25) is 0 Å². The van der Waals surface area contributed by atoms with E-state index in [4.69, 9.17) is 9.72 Å². The molecule has 2 amide bonds. The SMILES string of the molecule is C[C@H]1NC(=O)c2cc(-c3cccc4c(=O)n(C)c(N[C@H]5CCC[C@@H](NC(=O)OC(C)(C)C)C5)nc34)[nH]c21. The summed E-state index contributed by atoms with van der Waals surface area (Å²) in [4.78, 5) is 46.1. The number of hydrogen-bond acceptors (Lipinski definition) is 6. The van der Waals surface area contributed by atoms with Crippen molar-refractivity contribution in [3.63, 3.8) is 0 Å². The van der Waals surface area contributed by atoms with E-state index in [0.717, 1.165) is 36.2 Å². The highest BCUT2D eigenvalue weighted by molar-refractivity contribution is 6.01. The molecule has 3 aromatic rings. The number of amides is 2. The number of anilines is 1. The standard InChI is InChI=1S/C27H34N6O4/c1-14-21-19(23(34)28-14)13-20(31-21)17-10-7-11-18-22(17)32-25(33(5)24(18)35)29-15-8-6-9-16(12-15)30-26(36)37-27(2,3)4/h7,10-11,13-16,31H,6,8-9,12H2,1-5H3,(H,28,34)(H,29,32)(H,30,36)/t14-,15+,16-/m1/s1. The minimum atomic E-state index is -0.553. The third kappa shape index (κ3) is 4.92. The van der Waals surface area contributed by atoms with Gasteiger partial charge in [0.05, 0.1) is 28.2 Å². The van der Waals surface area contributed by atoms with Crippen molar-refractivity contribution in [2.45, 2.75) is 77.1 Å². The third-order valence-corrected chi connectivity index (χ3v) is 7.00. The predicted molar refractivity (Wildman–Crippen MR) is 142 cm³/mol. The molecular weight excluding hydrogens is 472 g/mol. The largest absolute Gasteiger partial charge is 0.444 e. The van der Waals surface area contributed by atoms with Gasteiger partial charge in [-0.15, -0.1) is 0 Å². The highest BCUT2D eigenvalue weighted by Crippen LogP contribution is 2.33. The van der Waals surface area contributed by atoms with Crippen LogP contribution in [-0.4, -0.2) is 44.2 Å². The molecule has 1 aromatic carbocycles. The van der Waals surface area contributed by atoms with Gasteiger partial charge >= 0.3 is 6.09 Å². The summed E-state index contributed by atoms with van der Waals surface area (Å²) in [7, 11) is 1.71. The zero-order chi connectivity index (χ0) is 26.5. The number of ether oxygens (including phenoxy) is 1. The van der Waals surface area contributed by atoms with Gasteiger partial charge in [-0.3, -0.25) is 14.2 Å². The lowest BCUT2D eigenvalue weighted by Gasteiger charge is -2.31. The Hall–Kier alpha value is -3.82. The number of alkyl carbamates (subject to hydrolysis) is 1. The van der Waals surface area contributed by atoms with Crippen LogP contribution in [0, 0.1) is 0 Å². The molecule has 1 aliphatic carbocycles. The summed E-state index contributed by atoms with van der Waals surface area (Å²) in [5.41, 5.74) is 2.84. The van der Waals surface area contributed by atoms with Crippen molar-refractivity contribution in [1.82, 2.24) is 25.2 Å². The van der Waals surface area contributed by atoms with Crippen molar-refractivity contribution >= 4 is 28.9 Å². The fourth-order valence-electron chi connectivity index (χ4n) is 5.24. The van der Waals surface area contributed by atoms with Crippen LogP contribution < -0.4 is 21.5 Å². The second kappa shape index (κ2) is 9.24. The Morgan fingerprint density at radius 2 is 1.92 bits per heavy atom. The molecule has 10 heteroatoms. The van der Waals surface area contributed by atoms with Crippen LogP contribution in [-0.2, 0) is 11.8 Å². The Labute approximate surface area is 215 Å². The number of benzene rings is 1. The maximum absolute atomic E-state index is 13.3. The molecule has 0 saturated heterocycles. The number of para-hydroxylation sites is 1. The smallest absolute Gasteiger partial charge is 0.407 e. The molecule has 3 atom stereocenters. The molecule has 2 aromatic heterocycles. The lowest BCUT2D eigenvalue weighted by Crippen LogP contribution is -2.44. The van der Waals surface area contributed by atoms with E-state index in [0.29, 0.717) is 28.8 Å². The van der Waals surface area contributed by atoms with E-state index in [2.05, 4.69) is 20.9 Å². The van der Waals surface area contributed by atoms with Gasteiger partial charge in [0, 0.05) is 30.4 Å². The van der Waals surface area contributed by atoms with Gasteiger partial charge in [0.25, 0.3) is 11.5 Å². The minimum Gasteiger partial charge on any atom is -0.444 e. The average Bonchev–Trinajstić information content (AvgIpc) is 3.37. The summed E-state index contributed by atoms with van der Waals surface area (Å²) < 4.78 is 6.94. The summed E-state index contributed by atoms with van der Waals surface area (Å²) in [5, 5.41) is 9.82. The van der Waals surface area contributed by atoms with Crippen molar-refractivity contribution in [2.75, 3.05) is 5.32 Å². The summed E-state index contributed by atoms with van der Waals surface area (Å²) in [5.74, 6) is 0.362. The molecule has 1 fully saturated rings. The minimum absolute atomic E-state index is 0.0245. The molecule has 37 heavy (non-hydrogen) atoms. The van der Waals surface area contributed by atoms with Crippen LogP contribution in [0.25, 0.3) is 22.2 Å². The second-order valence-electron chi connectivity index (χ2n) is 11.1. The van der Waals surface area contributed by atoms with Gasteiger partial charge in [-0.1, -0.05) is 12.1 Å². The second-order valence-corrected chi connectivity index (χ2v) is 11.1. The Bertz CT molecular complexity index is 1430. The lowest BCUT2D eigenvalue weighted by atomic mass is 9.91. The number of nitrogens with one attached hydrogen (secondary N) is 4. The van der Waals surface area contributed by atoms with Crippen LogP contribution in [0.1, 0.15) is 75.5 Å². The molecule has 0 unspecified atom stereocenters. The zero-order valence-corrected chi connectivity index (χ0v) is 21.9. The summed E-state index contributed by atoms with van der Waals surface area (Å²) in [6.45, 7) is 7.45. The first-order chi connectivity index (χ1) is 17.5. The van der Waals surface area contributed by atoms with Gasteiger partial charge in [-0.05, 0) is 65.5 Å². The number of carbonyl (C=O) groups excluding carboxylic acids is 2. The molecule has 0 bridgehead atoms. The van der Waals surface area contributed by atoms with E-state index < -0.39 is 11.7 Å². The summed E-state index contributed by atoms with van der Waals surface area (Å²) >= 11 is 0. The molecule has 10 nitrogen and oxygen atoms in total. The highest BCUT2D eigenvalue weighted by Gasteiger charge is 2.29. The molecule has 0 radical (unpaired) electrons. The van der Waals surface area contributed by atoms with Crippen molar-refractivity contribution in [3.8, 4) is 11.3 Å². The van der Waals surface area contributed by atoms with Gasteiger partial charge in [-0.2, -0.15) is 0 Å². The van der Waals surface area contributed by atoms with Gasteiger partial charge in [0.1, 0.15) is 5.60 Å². The first-order valence-corrected chi connectivity index (χ1v) is 12.8. The Morgan fingerprint density at radius 3 is 2.65 bits per heavy atom. The number of carbonyl (C=O) groups is 2. The van der Waals surface area contributed by atoms with Gasteiger partial charge in [0.15, 0.2) is 0 Å². The van der Waals surface area contributed by atoms with Gasteiger partial charge in [-0.25, -0.2) is 9.78 Å². The molecule has 1 saturated carbocycles. The molecule has 4 N–H and O–H groups in total. The predicted octanol–water partition coefficient (Wildman–Crippen LogP) is 3.98. The van der Waals surface area contributed by atoms with Crippen LogP contribution in [0.3, 0.4) is 0 Å². The highest BCUT2D eigenvalue weighted by atomic mass is 16.6. The van der Waals surface area contributed by atoms with E-state index in [9.17, 15) is 14.4 Å². The topological polar surface area (TPSA) is 130 Å². The molecule has 2 aliphatic rings. The molecule has 196 valence electrons. The maximum atomic E-state index is 13.3. The summed E-state index contributed by atoms with van der Waals surface area (Å²) in [6.07, 6.45) is 2.98.